The third kappa shape index (κ3) is 3.68. The number of carbonyl (C=O) groups is 2. The topological polar surface area (TPSA) is 91.8 Å². The first-order chi connectivity index (χ1) is 8.58. The van der Waals surface area contributed by atoms with Gasteiger partial charge < -0.3 is 10.0 Å². The van der Waals surface area contributed by atoms with Gasteiger partial charge in [0, 0.05) is 6.54 Å². The number of hydrogen-bond acceptors (Lipinski definition) is 4. The quantitative estimate of drug-likeness (QED) is 0.797. The van der Waals surface area contributed by atoms with Crippen molar-refractivity contribution >= 4 is 21.7 Å². The van der Waals surface area contributed by atoms with E-state index >= 15 is 0 Å². The zero-order valence-electron chi connectivity index (χ0n) is 11.5. The molecule has 110 valence electrons. The van der Waals surface area contributed by atoms with Crippen LogP contribution in [0.1, 0.15) is 33.6 Å². The molecule has 1 heterocycles. The Kier molecular flexibility index (Phi) is 4.60. The monoisotopic (exact) mass is 291 g/mol. The van der Waals surface area contributed by atoms with Crippen LogP contribution in [0.2, 0.25) is 0 Å². The lowest BCUT2D eigenvalue weighted by atomic mass is 9.99. The summed E-state index contributed by atoms with van der Waals surface area (Å²) in [5, 5.41) is 9.19. The van der Waals surface area contributed by atoms with Gasteiger partial charge in [0.25, 0.3) is 0 Å². The summed E-state index contributed by atoms with van der Waals surface area (Å²) in [6.45, 7) is 5.30. The first-order valence-electron chi connectivity index (χ1n) is 6.33. The fourth-order valence-electron chi connectivity index (χ4n) is 2.42. The van der Waals surface area contributed by atoms with Crippen LogP contribution in [0.3, 0.4) is 0 Å². The Bertz CT molecular complexity index is 471. The standard InChI is InChI=1S/C12H21NO5S/c1-9(2)7-19(17,18)8-10(14)13-6-4-5-12(13,3)11(15)16/h9H,4-8H2,1-3H3,(H,15,16). The molecule has 1 aliphatic rings. The number of carboxylic acid groups (broad SMARTS) is 1. The summed E-state index contributed by atoms with van der Waals surface area (Å²) in [6.07, 6.45) is 0.942. The summed E-state index contributed by atoms with van der Waals surface area (Å²) in [5.41, 5.74) is -1.27. The molecule has 0 aromatic rings. The summed E-state index contributed by atoms with van der Waals surface area (Å²) in [5.74, 6) is -2.41. The van der Waals surface area contributed by atoms with Crippen molar-refractivity contribution in [1.29, 1.82) is 0 Å². The van der Waals surface area contributed by atoms with Crippen molar-refractivity contribution in [2.24, 2.45) is 5.92 Å². The fourth-order valence-corrected chi connectivity index (χ4v) is 4.08. The van der Waals surface area contributed by atoms with Gasteiger partial charge in [-0.1, -0.05) is 13.8 Å². The minimum Gasteiger partial charge on any atom is -0.480 e. The number of rotatable bonds is 5. The Morgan fingerprint density at radius 3 is 2.42 bits per heavy atom. The molecule has 1 unspecified atom stereocenters. The molecular formula is C12H21NO5S. The largest absolute Gasteiger partial charge is 0.480 e. The van der Waals surface area contributed by atoms with Crippen LogP contribution in [-0.4, -0.2) is 53.9 Å². The van der Waals surface area contributed by atoms with E-state index in [4.69, 9.17) is 0 Å². The number of aliphatic carboxylic acids is 1. The van der Waals surface area contributed by atoms with E-state index in [1.165, 1.54) is 11.8 Å². The van der Waals surface area contributed by atoms with E-state index in [0.717, 1.165) is 0 Å². The number of hydrogen-bond donors (Lipinski definition) is 1. The lowest BCUT2D eigenvalue weighted by molar-refractivity contribution is -0.154. The summed E-state index contributed by atoms with van der Waals surface area (Å²) in [4.78, 5) is 24.5. The second-order valence-corrected chi connectivity index (χ2v) is 7.79. The molecule has 1 saturated heterocycles. The Hall–Kier alpha value is -1.11. The molecule has 0 spiro atoms. The maximum atomic E-state index is 12.0. The van der Waals surface area contributed by atoms with Gasteiger partial charge in [0.15, 0.2) is 9.84 Å². The van der Waals surface area contributed by atoms with Gasteiger partial charge in [-0.2, -0.15) is 0 Å². The zero-order chi connectivity index (χ0) is 14.8. The normalized spacial score (nSPS) is 23.9. The van der Waals surface area contributed by atoms with Crippen molar-refractivity contribution in [3.8, 4) is 0 Å². The molecule has 19 heavy (non-hydrogen) atoms. The molecule has 0 aromatic carbocycles. The average Bonchev–Trinajstić information content (AvgIpc) is 2.58. The number of carboxylic acids is 1. The number of nitrogens with zero attached hydrogens (tertiary/aromatic N) is 1. The predicted octanol–water partition coefficient (Wildman–Crippen LogP) is 0.523. The van der Waals surface area contributed by atoms with E-state index in [1.54, 1.807) is 13.8 Å². The van der Waals surface area contributed by atoms with Crippen LogP contribution < -0.4 is 0 Å². The van der Waals surface area contributed by atoms with Gasteiger partial charge in [-0.05, 0) is 25.7 Å². The second kappa shape index (κ2) is 5.48. The van der Waals surface area contributed by atoms with Gasteiger partial charge >= 0.3 is 5.97 Å². The molecule has 1 rings (SSSR count). The van der Waals surface area contributed by atoms with Gasteiger partial charge in [-0.25, -0.2) is 13.2 Å². The van der Waals surface area contributed by atoms with Crippen molar-refractivity contribution in [2.75, 3.05) is 18.1 Å². The highest BCUT2D eigenvalue weighted by Crippen LogP contribution is 2.29. The maximum Gasteiger partial charge on any atom is 0.329 e. The molecule has 0 bridgehead atoms. The Balaban J connectivity index is 2.82. The van der Waals surface area contributed by atoms with Crippen LogP contribution in [0.4, 0.5) is 0 Å². The molecule has 1 fully saturated rings. The average molecular weight is 291 g/mol. The third-order valence-corrected chi connectivity index (χ3v) is 5.19. The molecule has 0 aliphatic carbocycles. The lowest BCUT2D eigenvalue weighted by Crippen LogP contribution is -2.52. The van der Waals surface area contributed by atoms with Crippen molar-refractivity contribution in [2.45, 2.75) is 39.2 Å². The molecule has 1 amide bonds. The van der Waals surface area contributed by atoms with Gasteiger partial charge in [-0.3, -0.25) is 4.79 Å². The highest BCUT2D eigenvalue weighted by Gasteiger charge is 2.46. The van der Waals surface area contributed by atoms with Crippen molar-refractivity contribution in [3.63, 3.8) is 0 Å². The van der Waals surface area contributed by atoms with Crippen LogP contribution in [0.15, 0.2) is 0 Å². The highest BCUT2D eigenvalue weighted by atomic mass is 32.2. The third-order valence-electron chi connectivity index (χ3n) is 3.33. The predicted molar refractivity (Wildman–Crippen MR) is 70.5 cm³/mol. The Morgan fingerprint density at radius 2 is 1.95 bits per heavy atom. The zero-order valence-corrected chi connectivity index (χ0v) is 12.4. The minimum absolute atomic E-state index is 0.0535. The summed E-state index contributed by atoms with van der Waals surface area (Å²) < 4.78 is 23.6. The highest BCUT2D eigenvalue weighted by molar-refractivity contribution is 7.92. The van der Waals surface area contributed by atoms with E-state index in [1.807, 2.05) is 0 Å². The molecule has 1 atom stereocenters. The van der Waals surface area contributed by atoms with Crippen LogP contribution in [-0.2, 0) is 19.4 Å². The van der Waals surface area contributed by atoms with E-state index < -0.39 is 33.0 Å². The van der Waals surface area contributed by atoms with E-state index in [2.05, 4.69) is 0 Å². The van der Waals surface area contributed by atoms with Gasteiger partial charge in [-0.15, -0.1) is 0 Å². The lowest BCUT2D eigenvalue weighted by Gasteiger charge is -2.31. The summed E-state index contributed by atoms with van der Waals surface area (Å²) in [6, 6.07) is 0. The molecule has 7 heteroatoms. The fraction of sp³-hybridized carbons (Fsp3) is 0.833. The SMILES string of the molecule is CC(C)CS(=O)(=O)CC(=O)N1CCCC1(C)C(=O)O. The van der Waals surface area contributed by atoms with E-state index in [9.17, 15) is 23.1 Å². The molecule has 1 N–H and O–H groups in total. The molecule has 0 saturated carbocycles. The first-order valence-corrected chi connectivity index (χ1v) is 8.15. The Morgan fingerprint density at radius 1 is 1.37 bits per heavy atom. The van der Waals surface area contributed by atoms with Gasteiger partial charge in [0.05, 0.1) is 5.75 Å². The van der Waals surface area contributed by atoms with E-state index in [-0.39, 0.29) is 11.7 Å². The van der Waals surface area contributed by atoms with Gasteiger partial charge in [0.2, 0.25) is 5.91 Å². The minimum atomic E-state index is -3.48. The van der Waals surface area contributed by atoms with Crippen LogP contribution in [0.25, 0.3) is 0 Å². The number of likely N-dealkylation sites (tertiary alicyclic amines) is 1. The molecule has 1 aliphatic heterocycles. The summed E-state index contributed by atoms with van der Waals surface area (Å²) in [7, 11) is -3.48. The smallest absolute Gasteiger partial charge is 0.329 e. The summed E-state index contributed by atoms with van der Waals surface area (Å²) >= 11 is 0. The number of carbonyl (C=O) groups excluding carboxylic acids is 1. The van der Waals surface area contributed by atoms with Crippen LogP contribution in [0.5, 0.6) is 0 Å². The molecule has 0 aromatic heterocycles. The van der Waals surface area contributed by atoms with Gasteiger partial charge in [0.1, 0.15) is 11.3 Å². The maximum absolute atomic E-state index is 12.0. The number of sulfone groups is 1. The van der Waals surface area contributed by atoms with E-state index in [0.29, 0.717) is 19.4 Å². The van der Waals surface area contributed by atoms with Crippen molar-refractivity contribution < 1.29 is 23.1 Å². The molecular weight excluding hydrogens is 270 g/mol. The Labute approximate surface area is 113 Å². The number of amides is 1. The first kappa shape index (κ1) is 15.9. The molecule has 0 radical (unpaired) electrons. The van der Waals surface area contributed by atoms with Crippen molar-refractivity contribution in [1.82, 2.24) is 4.90 Å². The molecule has 6 nitrogen and oxygen atoms in total. The van der Waals surface area contributed by atoms with Crippen LogP contribution in [0, 0.1) is 5.92 Å². The van der Waals surface area contributed by atoms with Crippen molar-refractivity contribution in [3.05, 3.63) is 0 Å². The second-order valence-electron chi connectivity index (χ2n) is 5.68. The van der Waals surface area contributed by atoms with Crippen LogP contribution >= 0.6 is 0 Å².